The van der Waals surface area contributed by atoms with Crippen molar-refractivity contribution in [2.45, 2.75) is 26.1 Å². The number of pyridine rings is 1. The quantitative estimate of drug-likeness (QED) is 0.292. The Morgan fingerprint density at radius 2 is 1.91 bits per heavy atom. The fraction of sp³-hybridized carbons (Fsp3) is 0.290. The number of carbonyl (C=O) groups excluding carboxylic acids is 2. The lowest BCUT2D eigenvalue weighted by molar-refractivity contribution is -0.132. The number of nitrogens with two attached hydrogens (primary N) is 1. The van der Waals surface area contributed by atoms with E-state index in [-0.39, 0.29) is 29.4 Å². The molecule has 0 saturated carbocycles. The van der Waals surface area contributed by atoms with Crippen LogP contribution in [0.15, 0.2) is 67.2 Å². The van der Waals surface area contributed by atoms with Crippen molar-refractivity contribution in [2.75, 3.05) is 42.5 Å². The molecule has 13 nitrogen and oxygen atoms in total. The number of morpholine rings is 1. The van der Waals surface area contributed by atoms with Crippen molar-refractivity contribution >= 4 is 44.2 Å². The minimum absolute atomic E-state index is 0.0439. The van der Waals surface area contributed by atoms with Crippen LogP contribution < -0.4 is 15.2 Å². The van der Waals surface area contributed by atoms with Gasteiger partial charge in [-0.05, 0) is 49.2 Å². The van der Waals surface area contributed by atoms with E-state index in [1.165, 1.54) is 32.6 Å². The predicted molar refractivity (Wildman–Crippen MR) is 169 cm³/mol. The van der Waals surface area contributed by atoms with Crippen molar-refractivity contribution in [1.29, 1.82) is 0 Å². The Bertz CT molecular complexity index is 2010. The number of hydrogen-bond acceptors (Lipinski definition) is 9. The molecule has 1 saturated heterocycles. The molecule has 0 radical (unpaired) electrons. The monoisotopic (exact) mass is 649 g/mol. The van der Waals surface area contributed by atoms with Gasteiger partial charge < -0.3 is 20.1 Å². The van der Waals surface area contributed by atoms with E-state index in [1.54, 1.807) is 62.5 Å². The molecule has 4 heterocycles. The van der Waals surface area contributed by atoms with Gasteiger partial charge >= 0.3 is 0 Å². The van der Waals surface area contributed by atoms with Gasteiger partial charge in [-0.2, -0.15) is 9.49 Å². The number of benzene rings is 1. The predicted octanol–water partition coefficient (Wildman–Crippen LogP) is 3.27. The number of anilines is 2. The first-order valence-electron chi connectivity index (χ1n) is 14.5. The number of aromatic nitrogens is 4. The molecule has 0 spiro atoms. The number of hydrogen-bond donors (Lipinski definition) is 2. The molecular weight excluding hydrogens is 617 g/mol. The van der Waals surface area contributed by atoms with E-state index in [0.717, 1.165) is 0 Å². The number of rotatable bonds is 8. The topological polar surface area (TPSA) is 164 Å². The van der Waals surface area contributed by atoms with Gasteiger partial charge in [0.2, 0.25) is 21.8 Å². The van der Waals surface area contributed by atoms with Gasteiger partial charge in [-0.25, -0.2) is 18.1 Å². The number of halogens is 1. The Morgan fingerprint density at radius 1 is 1.13 bits per heavy atom. The molecule has 1 aliphatic heterocycles. The standard InChI is InChI=1S/C31H32FN7O6S/c1-20-14-22-6-9-38(25(22)16-24(20)36-46(42,43)19-28(40)37-10-12-44-13-11-37)30(41)23-17-35-39(29(23)33)26-18-34-27(15-21(26)2)45-31(32)7-4-3-5-8-31/h3-7,9,14-18,36H,8,10-13,19,33H2,1-2H3. The third-order valence-corrected chi connectivity index (χ3v) is 8.94. The summed E-state index contributed by atoms with van der Waals surface area (Å²) < 4.78 is 56.7. The maximum Gasteiger partial charge on any atom is 0.272 e. The average molecular weight is 650 g/mol. The minimum Gasteiger partial charge on any atom is -0.437 e. The molecule has 1 amide bonds. The Labute approximate surface area is 264 Å². The third kappa shape index (κ3) is 6.23. The molecule has 2 aliphatic rings. The van der Waals surface area contributed by atoms with E-state index in [9.17, 15) is 22.4 Å². The number of aryl methyl sites for hydroxylation is 2. The molecule has 240 valence electrons. The highest BCUT2D eigenvalue weighted by Crippen LogP contribution is 2.30. The fourth-order valence-corrected chi connectivity index (χ4v) is 6.46. The number of alkyl halides is 1. The van der Waals surface area contributed by atoms with Crippen LogP contribution in [-0.4, -0.2) is 82.4 Å². The summed E-state index contributed by atoms with van der Waals surface area (Å²) in [4.78, 5) is 32.0. The second-order valence-corrected chi connectivity index (χ2v) is 12.8. The summed E-state index contributed by atoms with van der Waals surface area (Å²) in [5.74, 6) is -3.61. The van der Waals surface area contributed by atoms with E-state index in [4.69, 9.17) is 15.2 Å². The van der Waals surface area contributed by atoms with Gasteiger partial charge in [0.15, 0.2) is 0 Å². The van der Waals surface area contributed by atoms with Gasteiger partial charge in [0.1, 0.15) is 17.1 Å². The Morgan fingerprint density at radius 3 is 2.63 bits per heavy atom. The van der Waals surface area contributed by atoms with Gasteiger partial charge in [0.05, 0.1) is 42.5 Å². The number of sulfonamides is 1. The molecule has 1 unspecified atom stereocenters. The van der Waals surface area contributed by atoms with Crippen molar-refractivity contribution in [3.8, 4) is 11.6 Å². The van der Waals surface area contributed by atoms with E-state index in [1.807, 2.05) is 0 Å². The fourth-order valence-electron chi connectivity index (χ4n) is 5.32. The van der Waals surface area contributed by atoms with Crippen LogP contribution in [-0.2, 0) is 19.6 Å². The summed E-state index contributed by atoms with van der Waals surface area (Å²) in [6, 6.07) is 6.57. The van der Waals surface area contributed by atoms with Crippen molar-refractivity contribution in [3.63, 3.8) is 0 Å². The van der Waals surface area contributed by atoms with Crippen LogP contribution in [0.5, 0.6) is 5.88 Å². The van der Waals surface area contributed by atoms with Crippen molar-refractivity contribution in [2.24, 2.45) is 0 Å². The van der Waals surface area contributed by atoms with Crippen molar-refractivity contribution in [3.05, 3.63) is 83.9 Å². The second kappa shape index (κ2) is 12.1. The first-order chi connectivity index (χ1) is 21.9. The number of amides is 1. The average Bonchev–Trinajstić information content (AvgIpc) is 3.60. The summed E-state index contributed by atoms with van der Waals surface area (Å²) in [6.45, 7) is 4.87. The molecule has 1 atom stereocenters. The van der Waals surface area contributed by atoms with Gasteiger partial charge in [0.25, 0.3) is 11.8 Å². The molecule has 1 fully saturated rings. The zero-order chi connectivity index (χ0) is 32.6. The van der Waals surface area contributed by atoms with Crippen LogP contribution in [0.4, 0.5) is 15.9 Å². The maximum absolute atomic E-state index is 14.9. The van der Waals surface area contributed by atoms with E-state index in [0.29, 0.717) is 54.0 Å². The summed E-state index contributed by atoms with van der Waals surface area (Å²) >= 11 is 0. The lowest BCUT2D eigenvalue weighted by atomic mass is 10.1. The highest BCUT2D eigenvalue weighted by atomic mass is 32.2. The molecule has 46 heavy (non-hydrogen) atoms. The highest BCUT2D eigenvalue weighted by Gasteiger charge is 2.30. The van der Waals surface area contributed by atoms with Gasteiger partial charge in [-0.3, -0.25) is 18.9 Å². The zero-order valence-corrected chi connectivity index (χ0v) is 26.0. The van der Waals surface area contributed by atoms with Crippen LogP contribution in [0, 0.1) is 13.8 Å². The molecule has 3 aromatic heterocycles. The first kappa shape index (κ1) is 31.0. The molecule has 3 N–H and O–H groups in total. The summed E-state index contributed by atoms with van der Waals surface area (Å²) in [5, 5.41) is 5.00. The van der Waals surface area contributed by atoms with Crippen LogP contribution in [0.1, 0.15) is 27.9 Å². The summed E-state index contributed by atoms with van der Waals surface area (Å²) in [5.41, 5.74) is 8.86. The highest BCUT2D eigenvalue weighted by molar-refractivity contribution is 7.93. The zero-order valence-electron chi connectivity index (χ0n) is 25.1. The van der Waals surface area contributed by atoms with Gasteiger partial charge in [-0.1, -0.05) is 18.2 Å². The lowest BCUT2D eigenvalue weighted by Crippen LogP contribution is -2.44. The molecule has 4 aromatic rings. The maximum atomic E-state index is 14.9. The largest absolute Gasteiger partial charge is 0.437 e. The number of fused-ring (bicyclic) bond motifs is 1. The minimum atomic E-state index is -4.05. The summed E-state index contributed by atoms with van der Waals surface area (Å²) in [7, 11) is -4.05. The first-order valence-corrected chi connectivity index (χ1v) is 16.1. The third-order valence-electron chi connectivity index (χ3n) is 7.78. The second-order valence-electron chi connectivity index (χ2n) is 11.1. The van der Waals surface area contributed by atoms with Gasteiger partial charge in [0, 0.05) is 37.2 Å². The number of allylic oxidation sites excluding steroid dienone is 2. The summed E-state index contributed by atoms with van der Waals surface area (Å²) in [6.07, 6.45) is 10.7. The number of carbonyl (C=O) groups is 2. The lowest BCUT2D eigenvalue weighted by Gasteiger charge is -2.26. The number of nitrogens with zero attached hydrogens (tertiary/aromatic N) is 5. The van der Waals surface area contributed by atoms with Crippen LogP contribution in [0.2, 0.25) is 0 Å². The molecule has 6 rings (SSSR count). The van der Waals surface area contributed by atoms with Gasteiger partial charge in [-0.15, -0.1) is 0 Å². The van der Waals surface area contributed by atoms with Crippen LogP contribution in [0.3, 0.4) is 0 Å². The van der Waals surface area contributed by atoms with E-state index >= 15 is 0 Å². The van der Waals surface area contributed by atoms with Crippen LogP contribution in [0.25, 0.3) is 16.6 Å². The number of ether oxygens (including phenoxy) is 2. The van der Waals surface area contributed by atoms with Crippen LogP contribution >= 0.6 is 0 Å². The van der Waals surface area contributed by atoms with Crippen molar-refractivity contribution < 1.29 is 31.9 Å². The Kier molecular flexibility index (Phi) is 8.12. The molecule has 0 bridgehead atoms. The van der Waals surface area contributed by atoms with E-state index < -0.39 is 33.4 Å². The molecule has 1 aromatic carbocycles. The normalized spacial score (nSPS) is 18.2. The number of nitrogen functional groups attached to an aromatic ring is 1. The Balaban J connectivity index is 1.23. The smallest absolute Gasteiger partial charge is 0.272 e. The molecular formula is C31H32FN7O6S. The molecule has 15 heteroatoms. The Hall–Kier alpha value is -5.02. The molecule has 1 aliphatic carbocycles. The van der Waals surface area contributed by atoms with Crippen molar-refractivity contribution in [1.82, 2.24) is 24.2 Å². The van der Waals surface area contributed by atoms with E-state index in [2.05, 4.69) is 14.8 Å². The number of nitrogens with one attached hydrogen (secondary N) is 1. The SMILES string of the molecule is Cc1cc2ccn(C(=O)c3cnn(-c4cnc(OC5(F)C=CC=CC5)cc4C)c3N)c2cc1NS(=O)(=O)CC(=O)N1CCOCC1.